The summed E-state index contributed by atoms with van der Waals surface area (Å²) in [6.45, 7) is 10.1. The Morgan fingerprint density at radius 1 is 1.47 bits per heavy atom. The Kier molecular flexibility index (Phi) is 5.35. The van der Waals surface area contributed by atoms with Crippen molar-refractivity contribution in [3.05, 3.63) is 12.2 Å². The van der Waals surface area contributed by atoms with E-state index in [4.69, 9.17) is 9.29 Å². The molecule has 0 aliphatic rings. The quantitative estimate of drug-likeness (QED) is 0.449. The van der Waals surface area contributed by atoms with Crippen molar-refractivity contribution in [1.82, 2.24) is 0 Å². The van der Waals surface area contributed by atoms with E-state index in [-0.39, 0.29) is 11.7 Å². The molecule has 0 aliphatic heterocycles. The first kappa shape index (κ1) is 16.1. The standard InChI is InChI=1S/C11H20O5S/c1-8(2)10(12)16-11(4,5)6-9(3)7-17(13,14)15/h9H,1,6-7H2,2-5H3,(H,13,14,15). The number of hydrogen-bond donors (Lipinski definition) is 1. The van der Waals surface area contributed by atoms with Crippen LogP contribution in [0, 0.1) is 5.92 Å². The molecule has 6 heteroatoms. The van der Waals surface area contributed by atoms with Crippen LogP contribution in [0.3, 0.4) is 0 Å². The first-order valence-electron chi connectivity index (χ1n) is 5.27. The van der Waals surface area contributed by atoms with Gasteiger partial charge in [0, 0.05) is 5.57 Å². The summed E-state index contributed by atoms with van der Waals surface area (Å²) in [5, 5.41) is 0. The van der Waals surface area contributed by atoms with Crippen LogP contribution in [0.5, 0.6) is 0 Å². The molecule has 1 N–H and O–H groups in total. The fourth-order valence-electron chi connectivity index (χ4n) is 1.64. The largest absolute Gasteiger partial charge is 0.456 e. The predicted octanol–water partition coefficient (Wildman–Crippen LogP) is 1.80. The third-order valence-corrected chi connectivity index (χ3v) is 3.04. The smallest absolute Gasteiger partial charge is 0.333 e. The van der Waals surface area contributed by atoms with Crippen molar-refractivity contribution in [1.29, 1.82) is 0 Å². The third-order valence-electron chi connectivity index (χ3n) is 2.05. The molecular formula is C11H20O5S. The van der Waals surface area contributed by atoms with Crippen molar-refractivity contribution in [2.24, 2.45) is 5.92 Å². The van der Waals surface area contributed by atoms with Crippen molar-refractivity contribution < 1.29 is 22.5 Å². The summed E-state index contributed by atoms with van der Waals surface area (Å²) in [7, 11) is -4.00. The van der Waals surface area contributed by atoms with E-state index in [9.17, 15) is 13.2 Å². The fourth-order valence-corrected chi connectivity index (χ4v) is 2.47. The second-order valence-corrected chi connectivity index (χ2v) is 6.48. The number of carbonyl (C=O) groups is 1. The van der Waals surface area contributed by atoms with Gasteiger partial charge in [0.05, 0.1) is 5.75 Å². The molecule has 0 aromatic rings. The molecule has 0 heterocycles. The third kappa shape index (κ3) is 7.93. The Bertz CT molecular complexity index is 394. The number of esters is 1. The van der Waals surface area contributed by atoms with Crippen LogP contribution < -0.4 is 0 Å². The zero-order chi connectivity index (χ0) is 13.9. The van der Waals surface area contributed by atoms with E-state index in [1.807, 2.05) is 0 Å². The van der Waals surface area contributed by atoms with E-state index in [2.05, 4.69) is 6.58 Å². The number of carbonyl (C=O) groups excluding carboxylic acids is 1. The van der Waals surface area contributed by atoms with E-state index >= 15 is 0 Å². The average Bonchev–Trinajstić information content (AvgIpc) is 1.96. The van der Waals surface area contributed by atoms with Crippen molar-refractivity contribution in [2.75, 3.05) is 5.75 Å². The number of ether oxygens (including phenoxy) is 1. The molecular weight excluding hydrogens is 244 g/mol. The summed E-state index contributed by atoms with van der Waals surface area (Å²) >= 11 is 0. The van der Waals surface area contributed by atoms with Crippen LogP contribution in [0.4, 0.5) is 0 Å². The van der Waals surface area contributed by atoms with Crippen LogP contribution in [0.25, 0.3) is 0 Å². The lowest BCUT2D eigenvalue weighted by Gasteiger charge is -2.27. The molecule has 0 aromatic carbocycles. The van der Waals surface area contributed by atoms with E-state index in [0.717, 1.165) is 0 Å². The first-order chi connectivity index (χ1) is 7.43. The highest BCUT2D eigenvalue weighted by atomic mass is 32.2. The normalized spacial score (nSPS) is 14.2. The molecule has 0 saturated heterocycles. The zero-order valence-electron chi connectivity index (χ0n) is 10.7. The lowest BCUT2D eigenvalue weighted by Crippen LogP contribution is -2.32. The van der Waals surface area contributed by atoms with Crippen molar-refractivity contribution >= 4 is 16.1 Å². The van der Waals surface area contributed by atoms with Gasteiger partial charge in [0.2, 0.25) is 0 Å². The molecule has 0 bridgehead atoms. The van der Waals surface area contributed by atoms with Gasteiger partial charge in [-0.25, -0.2) is 4.79 Å². The van der Waals surface area contributed by atoms with Gasteiger partial charge >= 0.3 is 5.97 Å². The zero-order valence-corrected chi connectivity index (χ0v) is 11.5. The molecule has 17 heavy (non-hydrogen) atoms. The predicted molar refractivity (Wildman–Crippen MR) is 65.2 cm³/mol. The van der Waals surface area contributed by atoms with Crippen LogP contribution in [-0.2, 0) is 19.6 Å². The van der Waals surface area contributed by atoms with Gasteiger partial charge in [0.15, 0.2) is 0 Å². The highest BCUT2D eigenvalue weighted by Crippen LogP contribution is 2.22. The minimum Gasteiger partial charge on any atom is -0.456 e. The second-order valence-electron chi connectivity index (χ2n) is 4.99. The monoisotopic (exact) mass is 264 g/mol. The average molecular weight is 264 g/mol. The maximum absolute atomic E-state index is 11.3. The highest BCUT2D eigenvalue weighted by Gasteiger charge is 2.27. The van der Waals surface area contributed by atoms with Gasteiger partial charge in [-0.1, -0.05) is 13.5 Å². The molecule has 1 unspecified atom stereocenters. The molecule has 0 aliphatic carbocycles. The van der Waals surface area contributed by atoms with Crippen molar-refractivity contribution in [2.45, 2.75) is 39.7 Å². The molecule has 5 nitrogen and oxygen atoms in total. The van der Waals surface area contributed by atoms with Gasteiger partial charge in [0.25, 0.3) is 10.1 Å². The lowest BCUT2D eigenvalue weighted by molar-refractivity contribution is -0.152. The second kappa shape index (κ2) is 5.64. The van der Waals surface area contributed by atoms with Gasteiger partial charge in [0.1, 0.15) is 5.60 Å². The Morgan fingerprint density at radius 2 is 1.94 bits per heavy atom. The summed E-state index contributed by atoms with van der Waals surface area (Å²) in [6, 6.07) is 0. The van der Waals surface area contributed by atoms with Crippen LogP contribution in [0.15, 0.2) is 12.2 Å². The Labute approximate surface area is 103 Å². The van der Waals surface area contributed by atoms with Crippen molar-refractivity contribution in [3.8, 4) is 0 Å². The van der Waals surface area contributed by atoms with Crippen LogP contribution in [-0.4, -0.2) is 30.3 Å². The maximum Gasteiger partial charge on any atom is 0.333 e. The Hall–Kier alpha value is -0.880. The summed E-state index contributed by atoms with van der Waals surface area (Å²) in [6.07, 6.45) is 0.339. The Morgan fingerprint density at radius 3 is 2.29 bits per heavy atom. The lowest BCUT2D eigenvalue weighted by atomic mass is 9.96. The molecule has 0 rings (SSSR count). The van der Waals surface area contributed by atoms with Crippen LogP contribution in [0.1, 0.15) is 34.1 Å². The summed E-state index contributed by atoms with van der Waals surface area (Å²) < 4.78 is 35.3. The number of rotatable bonds is 6. The molecule has 0 aromatic heterocycles. The molecule has 0 fully saturated rings. The van der Waals surface area contributed by atoms with Crippen molar-refractivity contribution in [3.63, 3.8) is 0 Å². The van der Waals surface area contributed by atoms with Gasteiger partial charge in [-0.15, -0.1) is 0 Å². The van der Waals surface area contributed by atoms with Gasteiger partial charge < -0.3 is 4.74 Å². The molecule has 100 valence electrons. The van der Waals surface area contributed by atoms with Gasteiger partial charge in [-0.2, -0.15) is 8.42 Å². The molecule has 0 spiro atoms. The summed E-state index contributed by atoms with van der Waals surface area (Å²) in [4.78, 5) is 11.3. The molecule has 1 atom stereocenters. The molecule has 0 saturated carbocycles. The SMILES string of the molecule is C=C(C)C(=O)OC(C)(C)CC(C)CS(=O)(=O)O. The maximum atomic E-state index is 11.3. The van der Waals surface area contributed by atoms with E-state index in [0.29, 0.717) is 12.0 Å². The first-order valence-corrected chi connectivity index (χ1v) is 6.88. The highest BCUT2D eigenvalue weighted by molar-refractivity contribution is 7.85. The molecule has 0 radical (unpaired) electrons. The topological polar surface area (TPSA) is 80.7 Å². The van der Waals surface area contributed by atoms with E-state index < -0.39 is 21.7 Å². The molecule has 0 amide bonds. The van der Waals surface area contributed by atoms with E-state index in [1.165, 1.54) is 0 Å². The summed E-state index contributed by atoms with van der Waals surface area (Å²) in [5.41, 5.74) is -0.499. The Balaban J connectivity index is 4.44. The van der Waals surface area contributed by atoms with E-state index in [1.54, 1.807) is 27.7 Å². The van der Waals surface area contributed by atoms with Crippen LogP contribution in [0.2, 0.25) is 0 Å². The van der Waals surface area contributed by atoms with Gasteiger partial charge in [-0.3, -0.25) is 4.55 Å². The number of hydrogen-bond acceptors (Lipinski definition) is 4. The minimum absolute atomic E-state index is 0.292. The minimum atomic E-state index is -4.00. The summed E-state index contributed by atoms with van der Waals surface area (Å²) in [5.74, 6) is -1.16. The fraction of sp³-hybridized carbons (Fsp3) is 0.727. The van der Waals surface area contributed by atoms with Crippen LogP contribution >= 0.6 is 0 Å². The van der Waals surface area contributed by atoms with Gasteiger partial charge in [-0.05, 0) is 33.1 Å².